The summed E-state index contributed by atoms with van der Waals surface area (Å²) in [6.45, 7) is 1.34. The van der Waals surface area contributed by atoms with Gasteiger partial charge in [0.15, 0.2) is 0 Å². The van der Waals surface area contributed by atoms with E-state index in [4.69, 9.17) is 0 Å². The van der Waals surface area contributed by atoms with E-state index in [1.807, 2.05) is 0 Å². The second-order valence-electron chi connectivity index (χ2n) is 9.45. The van der Waals surface area contributed by atoms with Crippen LogP contribution in [0.3, 0.4) is 0 Å². The lowest BCUT2D eigenvalue weighted by molar-refractivity contribution is 0.0592. The molecule has 0 saturated heterocycles. The molecule has 0 aromatic heterocycles. The van der Waals surface area contributed by atoms with Crippen molar-refractivity contribution in [2.45, 2.75) is 12.8 Å². The molecule has 0 aliphatic heterocycles. The van der Waals surface area contributed by atoms with Crippen LogP contribution in [0.15, 0.2) is 72.8 Å². The molecule has 3 rings (SSSR count). The summed E-state index contributed by atoms with van der Waals surface area (Å²) in [5.74, 6) is -2.17. The summed E-state index contributed by atoms with van der Waals surface area (Å²) in [7, 11) is 2.57. The first-order chi connectivity index (χ1) is 21.2. The highest BCUT2D eigenvalue weighted by Gasteiger charge is 2.11. The standard InChI is InChI=1S/C32H34N4O8/c1-43-31(41)25-13-9-23(10-14-25)29(39)35-19-3-17-33-27(37)21-5-7-22(8-6-21)28(38)34-18-4-20-36-30(40)24-11-15-26(16-12-24)32(42)44-2/h5-16H,3-4,17-20H2,1-2H3,(H,33,37)(H,34,38)(H,35,39)(H,36,40). The Balaban J connectivity index is 1.30. The number of nitrogens with one attached hydrogen (secondary N) is 4. The summed E-state index contributed by atoms with van der Waals surface area (Å²) >= 11 is 0. The third-order valence-electron chi connectivity index (χ3n) is 6.39. The minimum absolute atomic E-state index is 0.296. The summed E-state index contributed by atoms with van der Waals surface area (Å²) in [4.78, 5) is 72.3. The molecule has 12 heteroatoms. The molecule has 230 valence electrons. The van der Waals surface area contributed by atoms with Crippen molar-refractivity contribution in [3.63, 3.8) is 0 Å². The van der Waals surface area contributed by atoms with E-state index < -0.39 is 11.9 Å². The first-order valence-electron chi connectivity index (χ1n) is 13.8. The van der Waals surface area contributed by atoms with Gasteiger partial charge in [0.1, 0.15) is 0 Å². The Morgan fingerprint density at radius 3 is 0.818 bits per heavy atom. The molecule has 0 aliphatic rings. The van der Waals surface area contributed by atoms with E-state index in [-0.39, 0.29) is 23.6 Å². The van der Waals surface area contributed by atoms with Gasteiger partial charge in [-0.3, -0.25) is 19.2 Å². The van der Waals surface area contributed by atoms with Crippen LogP contribution in [0.5, 0.6) is 0 Å². The molecule has 0 heterocycles. The number of rotatable bonds is 14. The van der Waals surface area contributed by atoms with Gasteiger partial charge in [-0.05, 0) is 85.6 Å². The summed E-state index contributed by atoms with van der Waals surface area (Å²) < 4.78 is 9.26. The van der Waals surface area contributed by atoms with Crippen molar-refractivity contribution < 1.29 is 38.2 Å². The molecule has 0 atom stereocenters. The highest BCUT2D eigenvalue weighted by atomic mass is 16.5. The van der Waals surface area contributed by atoms with Crippen LogP contribution in [-0.2, 0) is 9.47 Å². The fourth-order valence-electron chi connectivity index (χ4n) is 3.92. The molecule has 4 amide bonds. The smallest absolute Gasteiger partial charge is 0.337 e. The van der Waals surface area contributed by atoms with E-state index in [9.17, 15) is 28.8 Å². The largest absolute Gasteiger partial charge is 0.465 e. The quantitative estimate of drug-likeness (QED) is 0.161. The SMILES string of the molecule is COC(=O)c1ccc(C(=O)NCCCNC(=O)c2ccc(C(=O)NCCCNC(=O)c3ccc(C(=O)OC)cc3)cc2)cc1. The van der Waals surface area contributed by atoms with E-state index >= 15 is 0 Å². The van der Waals surface area contributed by atoms with Crippen LogP contribution < -0.4 is 21.3 Å². The molecule has 0 unspecified atom stereocenters. The molecule has 0 aliphatic carbocycles. The Kier molecular flexibility index (Phi) is 12.6. The molecule has 0 spiro atoms. The van der Waals surface area contributed by atoms with Crippen LogP contribution in [0.2, 0.25) is 0 Å². The maximum Gasteiger partial charge on any atom is 0.337 e. The summed E-state index contributed by atoms with van der Waals surface area (Å²) in [6.07, 6.45) is 1.00. The third kappa shape index (κ3) is 9.79. The van der Waals surface area contributed by atoms with E-state index in [0.29, 0.717) is 72.4 Å². The molecule has 0 fully saturated rings. The van der Waals surface area contributed by atoms with Crippen molar-refractivity contribution >= 4 is 35.6 Å². The van der Waals surface area contributed by atoms with Crippen LogP contribution in [0.25, 0.3) is 0 Å². The Labute approximate surface area is 254 Å². The van der Waals surface area contributed by atoms with Gasteiger partial charge < -0.3 is 30.7 Å². The lowest BCUT2D eigenvalue weighted by atomic mass is 10.1. The Morgan fingerprint density at radius 1 is 0.409 bits per heavy atom. The van der Waals surface area contributed by atoms with Gasteiger partial charge in [-0.25, -0.2) is 9.59 Å². The number of hydrogen-bond donors (Lipinski definition) is 4. The first-order valence-corrected chi connectivity index (χ1v) is 13.8. The van der Waals surface area contributed by atoms with Gasteiger partial charge in [-0.2, -0.15) is 0 Å². The lowest BCUT2D eigenvalue weighted by Crippen LogP contribution is -2.30. The van der Waals surface area contributed by atoms with Gasteiger partial charge in [-0.15, -0.1) is 0 Å². The maximum atomic E-state index is 12.4. The molecule has 0 bridgehead atoms. The topological polar surface area (TPSA) is 169 Å². The van der Waals surface area contributed by atoms with Crippen LogP contribution in [-0.4, -0.2) is 76.0 Å². The molecular weight excluding hydrogens is 568 g/mol. The van der Waals surface area contributed by atoms with E-state index in [1.165, 1.54) is 62.8 Å². The number of methoxy groups -OCH3 is 2. The van der Waals surface area contributed by atoms with Crippen LogP contribution >= 0.6 is 0 Å². The average molecular weight is 603 g/mol. The second-order valence-corrected chi connectivity index (χ2v) is 9.45. The fourth-order valence-corrected chi connectivity index (χ4v) is 3.92. The number of esters is 2. The molecule has 0 radical (unpaired) electrons. The summed E-state index contributed by atoms with van der Waals surface area (Å²) in [6, 6.07) is 18.4. The minimum atomic E-state index is -0.482. The zero-order valence-electron chi connectivity index (χ0n) is 24.4. The average Bonchev–Trinajstić information content (AvgIpc) is 3.07. The van der Waals surface area contributed by atoms with Crippen molar-refractivity contribution in [2.24, 2.45) is 0 Å². The number of benzene rings is 3. The molecule has 12 nitrogen and oxygen atoms in total. The van der Waals surface area contributed by atoms with Gasteiger partial charge in [-0.1, -0.05) is 0 Å². The summed E-state index contributed by atoms with van der Waals surface area (Å²) in [5, 5.41) is 11.0. The number of amides is 4. The zero-order valence-corrected chi connectivity index (χ0v) is 24.4. The highest BCUT2D eigenvalue weighted by Crippen LogP contribution is 2.08. The predicted molar refractivity (Wildman–Crippen MR) is 161 cm³/mol. The first kappa shape index (κ1) is 33.0. The van der Waals surface area contributed by atoms with E-state index in [0.717, 1.165) is 0 Å². The Bertz CT molecular complexity index is 1360. The van der Waals surface area contributed by atoms with Crippen LogP contribution in [0.4, 0.5) is 0 Å². The van der Waals surface area contributed by atoms with Crippen molar-refractivity contribution in [1.29, 1.82) is 0 Å². The monoisotopic (exact) mass is 602 g/mol. The van der Waals surface area contributed by atoms with Crippen LogP contribution in [0, 0.1) is 0 Å². The van der Waals surface area contributed by atoms with E-state index in [1.54, 1.807) is 24.3 Å². The number of carbonyl (C=O) groups excluding carboxylic acids is 6. The number of carbonyl (C=O) groups is 6. The predicted octanol–water partition coefficient (Wildman–Crippen LogP) is 2.36. The van der Waals surface area contributed by atoms with Gasteiger partial charge in [0.05, 0.1) is 25.3 Å². The fraction of sp³-hybridized carbons (Fsp3) is 0.250. The van der Waals surface area contributed by atoms with Crippen molar-refractivity contribution in [3.8, 4) is 0 Å². The molecule has 3 aromatic carbocycles. The van der Waals surface area contributed by atoms with Crippen molar-refractivity contribution in [3.05, 3.63) is 106 Å². The second kappa shape index (κ2) is 16.8. The van der Waals surface area contributed by atoms with Crippen molar-refractivity contribution in [2.75, 3.05) is 40.4 Å². The molecule has 4 N–H and O–H groups in total. The third-order valence-corrected chi connectivity index (χ3v) is 6.39. The highest BCUT2D eigenvalue weighted by molar-refractivity contribution is 5.98. The van der Waals surface area contributed by atoms with Crippen LogP contribution in [0.1, 0.15) is 75.0 Å². The zero-order chi connectivity index (χ0) is 31.9. The van der Waals surface area contributed by atoms with Crippen molar-refractivity contribution in [1.82, 2.24) is 21.3 Å². The molecular formula is C32H34N4O8. The lowest BCUT2D eigenvalue weighted by Gasteiger charge is -2.09. The normalized spacial score (nSPS) is 10.2. The van der Waals surface area contributed by atoms with Gasteiger partial charge in [0, 0.05) is 48.4 Å². The Morgan fingerprint density at radius 2 is 0.614 bits per heavy atom. The van der Waals surface area contributed by atoms with Gasteiger partial charge in [0.2, 0.25) is 0 Å². The van der Waals surface area contributed by atoms with E-state index in [2.05, 4.69) is 30.7 Å². The number of hydrogen-bond acceptors (Lipinski definition) is 8. The minimum Gasteiger partial charge on any atom is -0.465 e. The van der Waals surface area contributed by atoms with Gasteiger partial charge in [0.25, 0.3) is 23.6 Å². The number of ether oxygens (including phenoxy) is 2. The molecule has 0 saturated carbocycles. The molecule has 3 aromatic rings. The maximum absolute atomic E-state index is 12.4. The molecule has 44 heavy (non-hydrogen) atoms. The van der Waals surface area contributed by atoms with Gasteiger partial charge >= 0.3 is 11.9 Å². The summed E-state index contributed by atoms with van der Waals surface area (Å²) in [5.41, 5.74) is 2.28. The Hall–Kier alpha value is -5.52.